The summed E-state index contributed by atoms with van der Waals surface area (Å²) in [5.41, 5.74) is 0.953. The summed E-state index contributed by atoms with van der Waals surface area (Å²) in [6.07, 6.45) is -5.15. The van der Waals surface area contributed by atoms with Gasteiger partial charge in [-0.05, 0) is 5.56 Å². The highest BCUT2D eigenvalue weighted by Gasteiger charge is 2.51. The minimum absolute atomic E-state index is 0.0211. The minimum atomic E-state index is -1.20. The van der Waals surface area contributed by atoms with Crippen LogP contribution in [0.25, 0.3) is 0 Å². The van der Waals surface area contributed by atoms with E-state index >= 15 is 0 Å². The maximum Gasteiger partial charge on any atom is 0.303 e. The van der Waals surface area contributed by atoms with Crippen LogP contribution in [-0.2, 0) is 58.9 Å². The van der Waals surface area contributed by atoms with Crippen molar-refractivity contribution in [2.75, 3.05) is 26.9 Å². The van der Waals surface area contributed by atoms with E-state index < -0.39 is 60.6 Å². The van der Waals surface area contributed by atoms with E-state index in [0.29, 0.717) is 6.61 Å². The summed E-state index contributed by atoms with van der Waals surface area (Å²) in [6, 6.07) is 8.47. The smallest absolute Gasteiger partial charge is 0.303 e. The fourth-order valence-electron chi connectivity index (χ4n) is 3.75. The number of nitrogens with one attached hydrogen (secondary N) is 1. The average Bonchev–Trinajstić information content (AvgIpc) is 2.82. The number of methoxy groups -OCH3 is 1. The van der Waals surface area contributed by atoms with Crippen molar-refractivity contribution in [2.45, 2.75) is 71.0 Å². The third-order valence-electron chi connectivity index (χ3n) is 5.20. The zero-order valence-corrected chi connectivity index (χ0v) is 21.7. The lowest BCUT2D eigenvalue weighted by molar-refractivity contribution is -0.283. The van der Waals surface area contributed by atoms with Crippen LogP contribution in [-0.4, -0.2) is 87.5 Å². The molecule has 2 rings (SSSR count). The second kappa shape index (κ2) is 15.3. The van der Waals surface area contributed by atoms with Gasteiger partial charge in [0.1, 0.15) is 24.9 Å². The van der Waals surface area contributed by atoms with Crippen molar-refractivity contribution in [2.24, 2.45) is 0 Å². The monoisotopic (exact) mass is 525 g/mol. The van der Waals surface area contributed by atoms with Gasteiger partial charge in [-0.15, -0.1) is 0 Å². The van der Waals surface area contributed by atoms with E-state index in [4.69, 9.17) is 33.2 Å². The number of benzene rings is 1. The van der Waals surface area contributed by atoms with Crippen molar-refractivity contribution in [3.63, 3.8) is 0 Å². The molecule has 0 aliphatic carbocycles. The topological polar surface area (TPSA) is 145 Å². The Balaban J connectivity index is 2.26. The number of carbonyl (C=O) groups excluding carboxylic acids is 4. The lowest BCUT2D eigenvalue weighted by Gasteiger charge is -2.45. The molecular weight excluding hydrogens is 490 g/mol. The summed E-state index contributed by atoms with van der Waals surface area (Å²) < 4.78 is 39.1. The van der Waals surface area contributed by atoms with Crippen LogP contribution < -0.4 is 5.32 Å². The Morgan fingerprint density at radius 2 is 1.57 bits per heavy atom. The first-order valence-electron chi connectivity index (χ1n) is 11.8. The van der Waals surface area contributed by atoms with Crippen LogP contribution in [0.15, 0.2) is 30.3 Å². The Morgan fingerprint density at radius 3 is 2.14 bits per heavy atom. The van der Waals surface area contributed by atoms with Crippen LogP contribution in [0.5, 0.6) is 0 Å². The van der Waals surface area contributed by atoms with Crippen molar-refractivity contribution in [3.05, 3.63) is 35.9 Å². The number of amides is 1. The predicted octanol–water partition coefficient (Wildman–Crippen LogP) is 0.891. The summed E-state index contributed by atoms with van der Waals surface area (Å²) >= 11 is 0. The molecule has 1 aromatic carbocycles. The maximum atomic E-state index is 12.0. The molecule has 0 spiro atoms. The van der Waals surface area contributed by atoms with Gasteiger partial charge in [0.05, 0.1) is 19.8 Å². The Hall–Kier alpha value is -3.06. The molecule has 1 aromatic rings. The molecular formula is C25H35NO11. The first-order chi connectivity index (χ1) is 17.6. The standard InChI is InChI=1S/C25H35NO11/c1-15(27)26-22-24(36-18(4)30)23(35-17(3)29)21(14-32-16(2)28)37-25(22)34-13-20(12-31-5)33-11-19-9-7-6-8-10-19/h6-10,20-25H,11-14H2,1-5H3,(H,26,27)/t20?,21-,22?,23+,24-,25?/m1/s1. The van der Waals surface area contributed by atoms with Gasteiger partial charge >= 0.3 is 17.9 Å². The van der Waals surface area contributed by atoms with Crippen molar-refractivity contribution in [1.29, 1.82) is 0 Å². The quantitative estimate of drug-likeness (QED) is 0.289. The molecule has 0 radical (unpaired) electrons. The lowest BCUT2D eigenvalue weighted by Crippen LogP contribution is -2.66. The third-order valence-corrected chi connectivity index (χ3v) is 5.20. The van der Waals surface area contributed by atoms with Crippen LogP contribution in [0.3, 0.4) is 0 Å². The molecule has 6 atom stereocenters. The van der Waals surface area contributed by atoms with Gasteiger partial charge in [-0.25, -0.2) is 0 Å². The van der Waals surface area contributed by atoms with E-state index in [-0.39, 0.29) is 19.8 Å². The number of esters is 3. The third kappa shape index (κ3) is 10.4. The molecule has 0 bridgehead atoms. The summed E-state index contributed by atoms with van der Waals surface area (Å²) in [4.78, 5) is 47.3. The highest BCUT2D eigenvalue weighted by molar-refractivity contribution is 5.73. The van der Waals surface area contributed by atoms with Crippen LogP contribution in [0.4, 0.5) is 0 Å². The fraction of sp³-hybridized carbons (Fsp3) is 0.600. The molecule has 1 aliphatic rings. The fourth-order valence-corrected chi connectivity index (χ4v) is 3.75. The van der Waals surface area contributed by atoms with E-state index in [1.54, 1.807) is 0 Å². The Labute approximate surface area is 215 Å². The van der Waals surface area contributed by atoms with Gasteiger partial charge in [-0.2, -0.15) is 0 Å². The van der Waals surface area contributed by atoms with E-state index in [9.17, 15) is 19.2 Å². The molecule has 12 heteroatoms. The van der Waals surface area contributed by atoms with Crippen LogP contribution >= 0.6 is 0 Å². The van der Waals surface area contributed by atoms with Gasteiger partial charge in [-0.1, -0.05) is 30.3 Å². The molecule has 1 heterocycles. The van der Waals surface area contributed by atoms with Gasteiger partial charge in [-0.3, -0.25) is 19.2 Å². The summed E-state index contributed by atoms with van der Waals surface area (Å²) in [5.74, 6) is -2.43. The Kier molecular flexibility index (Phi) is 12.4. The Bertz CT molecular complexity index is 894. The molecule has 0 saturated carbocycles. The molecule has 1 aliphatic heterocycles. The zero-order valence-electron chi connectivity index (χ0n) is 21.7. The normalized spacial score (nSPS) is 24.0. The van der Waals surface area contributed by atoms with E-state index in [1.165, 1.54) is 34.8 Å². The molecule has 1 saturated heterocycles. The number of carbonyl (C=O) groups is 4. The number of hydrogen-bond donors (Lipinski definition) is 1. The first-order valence-corrected chi connectivity index (χ1v) is 11.8. The summed E-state index contributed by atoms with van der Waals surface area (Å²) in [7, 11) is 1.52. The van der Waals surface area contributed by atoms with Gasteiger partial charge in [0.15, 0.2) is 18.5 Å². The average molecular weight is 526 g/mol. The van der Waals surface area contributed by atoms with Gasteiger partial charge in [0.2, 0.25) is 5.91 Å². The van der Waals surface area contributed by atoms with Crippen LogP contribution in [0, 0.1) is 0 Å². The largest absolute Gasteiger partial charge is 0.463 e. The minimum Gasteiger partial charge on any atom is -0.463 e. The maximum absolute atomic E-state index is 12.0. The van der Waals surface area contributed by atoms with Gasteiger partial charge in [0.25, 0.3) is 0 Å². The SMILES string of the molecule is COCC(COC1O[C@H](COC(C)=O)[C@H](OC(C)=O)[C@H](OC(C)=O)C1NC(C)=O)OCc1ccccc1. The van der Waals surface area contributed by atoms with E-state index in [2.05, 4.69) is 5.32 Å². The second-order valence-corrected chi connectivity index (χ2v) is 8.43. The highest BCUT2D eigenvalue weighted by Crippen LogP contribution is 2.28. The van der Waals surface area contributed by atoms with E-state index in [0.717, 1.165) is 5.56 Å². The lowest BCUT2D eigenvalue weighted by atomic mass is 9.96. The molecule has 1 fully saturated rings. The first kappa shape index (κ1) is 30.2. The molecule has 1 amide bonds. The van der Waals surface area contributed by atoms with Crippen molar-refractivity contribution in [3.8, 4) is 0 Å². The van der Waals surface area contributed by atoms with Crippen molar-refractivity contribution < 1.29 is 52.3 Å². The van der Waals surface area contributed by atoms with Gasteiger partial charge < -0.3 is 38.5 Å². The zero-order chi connectivity index (χ0) is 27.4. The number of ether oxygens (including phenoxy) is 7. The predicted molar refractivity (Wildman–Crippen MR) is 127 cm³/mol. The second-order valence-electron chi connectivity index (χ2n) is 8.43. The van der Waals surface area contributed by atoms with Crippen LogP contribution in [0.2, 0.25) is 0 Å². The summed E-state index contributed by atoms with van der Waals surface area (Å²) in [5, 5.41) is 2.65. The van der Waals surface area contributed by atoms with Crippen molar-refractivity contribution >= 4 is 23.8 Å². The molecule has 1 N–H and O–H groups in total. The molecule has 3 unspecified atom stereocenters. The molecule has 0 aromatic heterocycles. The number of hydrogen-bond acceptors (Lipinski definition) is 11. The van der Waals surface area contributed by atoms with Crippen LogP contribution in [0.1, 0.15) is 33.3 Å². The van der Waals surface area contributed by atoms with Gasteiger partial charge in [0, 0.05) is 34.8 Å². The van der Waals surface area contributed by atoms with Crippen molar-refractivity contribution in [1.82, 2.24) is 5.32 Å². The Morgan fingerprint density at radius 1 is 0.919 bits per heavy atom. The van der Waals surface area contributed by atoms with E-state index in [1.807, 2.05) is 30.3 Å². The molecule has 37 heavy (non-hydrogen) atoms. The highest BCUT2D eigenvalue weighted by atomic mass is 16.7. The molecule has 206 valence electrons. The number of rotatable bonds is 13. The summed E-state index contributed by atoms with van der Waals surface area (Å²) in [6.45, 7) is 4.99. The molecule has 12 nitrogen and oxygen atoms in total.